The van der Waals surface area contributed by atoms with Gasteiger partial charge in [0.25, 0.3) is 0 Å². The lowest BCUT2D eigenvalue weighted by atomic mass is 9.95. The van der Waals surface area contributed by atoms with Gasteiger partial charge < -0.3 is 14.8 Å². The number of fused-ring (bicyclic) bond motifs is 1. The molecule has 1 aliphatic rings. The van der Waals surface area contributed by atoms with Crippen molar-refractivity contribution in [3.63, 3.8) is 0 Å². The topological polar surface area (TPSA) is 117 Å². The normalized spacial score (nSPS) is 14.3. The predicted molar refractivity (Wildman–Crippen MR) is 162 cm³/mol. The first-order valence-electron chi connectivity index (χ1n) is 12.6. The number of methoxy groups -OCH3 is 1. The van der Waals surface area contributed by atoms with Crippen LogP contribution in [0.4, 0.5) is 5.95 Å². The number of tetrazole rings is 1. The molecule has 1 atom stereocenters. The van der Waals surface area contributed by atoms with Crippen molar-refractivity contribution in [2.45, 2.75) is 17.0 Å². The zero-order chi connectivity index (χ0) is 29.1. The van der Waals surface area contributed by atoms with Crippen LogP contribution in [0.25, 0.3) is 10.6 Å². The molecule has 0 bridgehead atoms. The minimum Gasteiger partial charge on any atom is -0.489 e. The van der Waals surface area contributed by atoms with Crippen molar-refractivity contribution in [1.82, 2.24) is 30.4 Å². The van der Waals surface area contributed by atoms with E-state index < -0.39 is 12.0 Å². The van der Waals surface area contributed by atoms with Crippen LogP contribution >= 0.6 is 46.3 Å². The Morgan fingerprint density at radius 2 is 1.76 bits per heavy atom. The summed E-state index contributed by atoms with van der Waals surface area (Å²) in [5, 5.41) is 25.8. The highest BCUT2D eigenvalue weighted by Crippen LogP contribution is 2.38. The third-order valence-electron chi connectivity index (χ3n) is 6.41. The number of nitrogens with zero attached hydrogens (tertiary/aromatic N) is 6. The van der Waals surface area contributed by atoms with E-state index in [1.54, 1.807) is 22.9 Å². The van der Waals surface area contributed by atoms with Crippen molar-refractivity contribution in [2.24, 2.45) is 0 Å². The Hall–Kier alpha value is -3.97. The minimum atomic E-state index is -0.638. The molecule has 3 aromatic carbocycles. The van der Waals surface area contributed by atoms with Gasteiger partial charge in [0.05, 0.1) is 12.7 Å². The molecule has 0 radical (unpaired) electrons. The van der Waals surface area contributed by atoms with Gasteiger partial charge in [-0.25, -0.2) is 4.79 Å². The molecule has 0 saturated heterocycles. The first kappa shape index (κ1) is 28.2. The summed E-state index contributed by atoms with van der Waals surface area (Å²) in [6.07, 6.45) is 0. The van der Waals surface area contributed by atoms with Gasteiger partial charge in [-0.2, -0.15) is 4.68 Å². The standard InChI is InChI=1S/C28H21Cl2N7O3S2/c1-39-26(38)23-22(15-41-28-34-32-25(42-28)17-6-3-2-4-7-17)31-27-33-35-36-37(27)24(23)16-10-12-18(13-11-16)40-14-19-20(29)8-5-9-21(19)30/h2-13,24H,14-15H2,1H3,(H,31,33,36). The van der Waals surface area contributed by atoms with E-state index in [2.05, 4.69) is 31.0 Å². The number of anilines is 1. The van der Waals surface area contributed by atoms with Crippen molar-refractivity contribution >= 4 is 58.2 Å². The van der Waals surface area contributed by atoms with Crippen molar-refractivity contribution in [1.29, 1.82) is 0 Å². The highest BCUT2D eigenvalue weighted by atomic mass is 35.5. The molecule has 0 aliphatic carbocycles. The molecule has 0 fully saturated rings. The molecule has 0 spiro atoms. The van der Waals surface area contributed by atoms with Gasteiger partial charge in [-0.05, 0) is 40.3 Å². The van der Waals surface area contributed by atoms with Gasteiger partial charge >= 0.3 is 5.97 Å². The SMILES string of the molecule is COC(=O)C1=C(CSc2nnc(-c3ccccc3)s2)Nc2nnnn2C1c1ccc(OCc2c(Cl)cccc2Cl)cc1. The quantitative estimate of drug-likeness (QED) is 0.145. The molecule has 2 aromatic heterocycles. The first-order valence-corrected chi connectivity index (χ1v) is 15.1. The molecule has 1 N–H and O–H groups in total. The third-order valence-corrected chi connectivity index (χ3v) is 9.25. The monoisotopic (exact) mass is 637 g/mol. The van der Waals surface area contributed by atoms with Gasteiger partial charge in [0.2, 0.25) is 5.95 Å². The summed E-state index contributed by atoms with van der Waals surface area (Å²) in [4.78, 5) is 13.2. The maximum atomic E-state index is 13.2. The van der Waals surface area contributed by atoms with E-state index in [4.69, 9.17) is 32.7 Å². The summed E-state index contributed by atoms with van der Waals surface area (Å²) >= 11 is 15.5. The van der Waals surface area contributed by atoms with Crippen LogP contribution in [0.5, 0.6) is 5.75 Å². The lowest BCUT2D eigenvalue weighted by Crippen LogP contribution is -2.30. The van der Waals surface area contributed by atoms with E-state index >= 15 is 0 Å². The molecular weight excluding hydrogens is 617 g/mol. The van der Waals surface area contributed by atoms with E-state index in [9.17, 15) is 4.79 Å². The maximum Gasteiger partial charge on any atom is 0.338 e. The summed E-state index contributed by atoms with van der Waals surface area (Å²) in [6, 6.07) is 21.8. The van der Waals surface area contributed by atoms with Gasteiger partial charge in [0.1, 0.15) is 23.4 Å². The molecule has 1 unspecified atom stereocenters. The molecule has 0 amide bonds. The van der Waals surface area contributed by atoms with Crippen LogP contribution in [0, 0.1) is 0 Å². The number of hydrogen-bond donors (Lipinski definition) is 1. The molecular formula is C28H21Cl2N7O3S2. The van der Waals surface area contributed by atoms with E-state index in [1.165, 1.54) is 30.2 Å². The van der Waals surface area contributed by atoms with Crippen LogP contribution in [0.1, 0.15) is 17.2 Å². The lowest BCUT2D eigenvalue weighted by molar-refractivity contribution is -0.136. The number of nitrogens with one attached hydrogen (secondary N) is 1. The number of aromatic nitrogens is 6. The van der Waals surface area contributed by atoms with E-state index in [0.29, 0.717) is 44.3 Å². The first-order chi connectivity index (χ1) is 20.5. The Labute approximate surface area is 258 Å². The Balaban J connectivity index is 1.26. The van der Waals surface area contributed by atoms with Crippen LogP contribution in [-0.4, -0.2) is 49.2 Å². The number of ether oxygens (including phenoxy) is 2. The number of carbonyl (C=O) groups excluding carboxylic acids is 1. The number of halogens is 2. The summed E-state index contributed by atoms with van der Waals surface area (Å²) in [5.74, 6) is 0.890. The van der Waals surface area contributed by atoms with Crippen molar-refractivity contribution in [3.05, 3.63) is 105 Å². The van der Waals surface area contributed by atoms with Gasteiger partial charge in [-0.15, -0.1) is 10.2 Å². The fourth-order valence-electron chi connectivity index (χ4n) is 4.38. The highest BCUT2D eigenvalue weighted by molar-refractivity contribution is 8.01. The number of carbonyl (C=O) groups is 1. The number of hydrogen-bond acceptors (Lipinski definition) is 11. The molecule has 14 heteroatoms. The summed E-state index contributed by atoms with van der Waals surface area (Å²) in [7, 11) is 1.35. The molecule has 42 heavy (non-hydrogen) atoms. The van der Waals surface area contributed by atoms with E-state index in [-0.39, 0.29) is 6.61 Å². The van der Waals surface area contributed by atoms with Crippen LogP contribution in [0.2, 0.25) is 10.0 Å². The zero-order valence-electron chi connectivity index (χ0n) is 21.9. The largest absolute Gasteiger partial charge is 0.489 e. The van der Waals surface area contributed by atoms with E-state index in [1.807, 2.05) is 54.6 Å². The fourth-order valence-corrected chi connectivity index (χ4v) is 6.71. The molecule has 10 nitrogen and oxygen atoms in total. The molecule has 6 rings (SSSR count). The van der Waals surface area contributed by atoms with Gasteiger partial charge in [-0.3, -0.25) is 0 Å². The van der Waals surface area contributed by atoms with Crippen molar-refractivity contribution < 1.29 is 14.3 Å². The Kier molecular flexibility index (Phi) is 8.38. The minimum absolute atomic E-state index is 0.203. The van der Waals surface area contributed by atoms with Crippen LogP contribution < -0.4 is 10.1 Å². The maximum absolute atomic E-state index is 13.2. The highest BCUT2D eigenvalue weighted by Gasteiger charge is 2.36. The summed E-state index contributed by atoms with van der Waals surface area (Å²) in [6.45, 7) is 0.203. The second kappa shape index (κ2) is 12.5. The number of rotatable bonds is 9. The second-order valence-corrected chi connectivity index (χ2v) is 12.0. The molecule has 3 heterocycles. The summed E-state index contributed by atoms with van der Waals surface area (Å²) < 4.78 is 13.5. The Morgan fingerprint density at radius 3 is 2.50 bits per heavy atom. The zero-order valence-corrected chi connectivity index (χ0v) is 25.0. The number of benzene rings is 3. The average Bonchev–Trinajstić information content (AvgIpc) is 3.69. The van der Waals surface area contributed by atoms with E-state index in [0.717, 1.165) is 20.5 Å². The molecule has 1 aliphatic heterocycles. The Bertz CT molecular complexity index is 1740. The third kappa shape index (κ3) is 5.84. The van der Waals surface area contributed by atoms with Gasteiger partial charge in [-0.1, -0.05) is 99.9 Å². The van der Waals surface area contributed by atoms with Crippen LogP contribution in [-0.2, 0) is 16.1 Å². The molecule has 0 saturated carbocycles. The van der Waals surface area contributed by atoms with Gasteiger partial charge in [0.15, 0.2) is 4.34 Å². The van der Waals surface area contributed by atoms with Crippen LogP contribution in [0.15, 0.2) is 88.4 Å². The Morgan fingerprint density at radius 1 is 1.00 bits per heavy atom. The summed E-state index contributed by atoms with van der Waals surface area (Å²) in [5.41, 5.74) is 3.46. The number of thioether (sulfide) groups is 1. The van der Waals surface area contributed by atoms with Gasteiger partial charge in [0, 0.05) is 32.6 Å². The van der Waals surface area contributed by atoms with Crippen molar-refractivity contribution in [3.8, 4) is 16.3 Å². The molecule has 5 aromatic rings. The van der Waals surface area contributed by atoms with Crippen LogP contribution in [0.3, 0.4) is 0 Å². The van der Waals surface area contributed by atoms with Crippen molar-refractivity contribution in [2.75, 3.05) is 18.2 Å². The smallest absolute Gasteiger partial charge is 0.338 e. The predicted octanol–water partition coefficient (Wildman–Crippen LogP) is 6.31. The fraction of sp³-hybridized carbons (Fsp3) is 0.143. The average molecular weight is 639 g/mol. The number of esters is 1. The second-order valence-electron chi connectivity index (χ2n) is 8.94. The lowest BCUT2D eigenvalue weighted by Gasteiger charge is -2.28. The molecule has 212 valence electrons.